The second-order valence-corrected chi connectivity index (χ2v) is 5.56. The monoisotopic (exact) mass is 251 g/mol. The zero-order valence-electron chi connectivity index (χ0n) is 11.7. The molecule has 1 N–H and O–H groups in total. The van der Waals surface area contributed by atoms with E-state index in [9.17, 15) is 0 Å². The van der Waals surface area contributed by atoms with Gasteiger partial charge in [-0.05, 0) is 60.9 Å². The fourth-order valence-corrected chi connectivity index (χ4v) is 3.06. The van der Waals surface area contributed by atoms with Crippen LogP contribution in [0, 0.1) is 13.8 Å². The van der Waals surface area contributed by atoms with Gasteiger partial charge < -0.3 is 5.32 Å². The SMILES string of the molecule is Cc1cccc(CC2CCNc3ccccc32)c1C. The van der Waals surface area contributed by atoms with Crippen molar-refractivity contribution in [2.45, 2.75) is 32.6 Å². The highest BCUT2D eigenvalue weighted by molar-refractivity contribution is 5.55. The van der Waals surface area contributed by atoms with E-state index in [0.717, 1.165) is 13.0 Å². The van der Waals surface area contributed by atoms with Gasteiger partial charge in [0.25, 0.3) is 0 Å². The van der Waals surface area contributed by atoms with Gasteiger partial charge in [-0.15, -0.1) is 0 Å². The molecule has 98 valence electrons. The fourth-order valence-electron chi connectivity index (χ4n) is 3.06. The first-order valence-corrected chi connectivity index (χ1v) is 7.13. The third-order valence-electron chi connectivity index (χ3n) is 4.39. The van der Waals surface area contributed by atoms with Crippen LogP contribution in [0.4, 0.5) is 5.69 Å². The zero-order chi connectivity index (χ0) is 13.2. The van der Waals surface area contributed by atoms with Gasteiger partial charge in [-0.1, -0.05) is 36.4 Å². The minimum atomic E-state index is 0.651. The topological polar surface area (TPSA) is 12.0 Å². The zero-order valence-corrected chi connectivity index (χ0v) is 11.7. The van der Waals surface area contributed by atoms with Crippen LogP contribution in [-0.4, -0.2) is 6.54 Å². The smallest absolute Gasteiger partial charge is 0.0375 e. The van der Waals surface area contributed by atoms with Crippen LogP contribution in [0.5, 0.6) is 0 Å². The molecule has 19 heavy (non-hydrogen) atoms. The summed E-state index contributed by atoms with van der Waals surface area (Å²) in [5.74, 6) is 0.651. The van der Waals surface area contributed by atoms with E-state index >= 15 is 0 Å². The number of aryl methyl sites for hydroxylation is 1. The van der Waals surface area contributed by atoms with Gasteiger partial charge in [0.15, 0.2) is 0 Å². The molecule has 2 aromatic carbocycles. The van der Waals surface area contributed by atoms with Gasteiger partial charge in [0, 0.05) is 12.2 Å². The van der Waals surface area contributed by atoms with Gasteiger partial charge in [0.2, 0.25) is 0 Å². The lowest BCUT2D eigenvalue weighted by atomic mass is 9.84. The predicted octanol–water partition coefficient (Wildman–Crippen LogP) is 4.45. The number of benzene rings is 2. The largest absolute Gasteiger partial charge is 0.385 e. The predicted molar refractivity (Wildman–Crippen MR) is 81.9 cm³/mol. The Bertz CT molecular complexity index is 586. The summed E-state index contributed by atoms with van der Waals surface area (Å²) >= 11 is 0. The second-order valence-electron chi connectivity index (χ2n) is 5.56. The summed E-state index contributed by atoms with van der Waals surface area (Å²) < 4.78 is 0. The van der Waals surface area contributed by atoms with Crippen LogP contribution in [0.3, 0.4) is 0 Å². The summed E-state index contributed by atoms with van der Waals surface area (Å²) in [6.07, 6.45) is 2.39. The lowest BCUT2D eigenvalue weighted by Crippen LogP contribution is -2.18. The molecule has 0 saturated carbocycles. The first-order chi connectivity index (χ1) is 9.25. The molecule has 1 nitrogen and oxygen atoms in total. The van der Waals surface area contributed by atoms with Crippen LogP contribution in [0.2, 0.25) is 0 Å². The van der Waals surface area contributed by atoms with Crippen LogP contribution in [-0.2, 0) is 6.42 Å². The van der Waals surface area contributed by atoms with E-state index in [1.165, 1.54) is 34.4 Å². The Labute approximate surface area is 115 Å². The summed E-state index contributed by atoms with van der Waals surface area (Å²) in [4.78, 5) is 0. The molecule has 1 heterocycles. The summed E-state index contributed by atoms with van der Waals surface area (Å²) in [5.41, 5.74) is 7.17. The van der Waals surface area contributed by atoms with Crippen LogP contribution >= 0.6 is 0 Å². The Morgan fingerprint density at radius 2 is 1.89 bits per heavy atom. The molecule has 1 unspecified atom stereocenters. The van der Waals surface area contributed by atoms with Crippen molar-refractivity contribution in [3.8, 4) is 0 Å². The Hall–Kier alpha value is -1.76. The molecule has 1 aliphatic rings. The number of hydrogen-bond acceptors (Lipinski definition) is 1. The molecule has 0 amide bonds. The van der Waals surface area contributed by atoms with Crippen LogP contribution in [0.15, 0.2) is 42.5 Å². The lowest BCUT2D eigenvalue weighted by molar-refractivity contribution is 0.622. The van der Waals surface area contributed by atoms with Crippen molar-refractivity contribution in [3.05, 3.63) is 64.7 Å². The van der Waals surface area contributed by atoms with Crippen LogP contribution in [0.25, 0.3) is 0 Å². The molecule has 1 atom stereocenters. The van der Waals surface area contributed by atoms with Gasteiger partial charge in [-0.2, -0.15) is 0 Å². The van der Waals surface area contributed by atoms with E-state index in [1.54, 1.807) is 0 Å². The Morgan fingerprint density at radius 3 is 2.79 bits per heavy atom. The first kappa shape index (κ1) is 12.3. The minimum absolute atomic E-state index is 0.651. The quantitative estimate of drug-likeness (QED) is 0.831. The number of fused-ring (bicyclic) bond motifs is 1. The van der Waals surface area contributed by atoms with Crippen molar-refractivity contribution in [1.82, 2.24) is 0 Å². The van der Waals surface area contributed by atoms with Crippen molar-refractivity contribution in [2.24, 2.45) is 0 Å². The molecular weight excluding hydrogens is 230 g/mol. The van der Waals surface area contributed by atoms with Crippen molar-refractivity contribution in [3.63, 3.8) is 0 Å². The average molecular weight is 251 g/mol. The maximum absolute atomic E-state index is 3.50. The molecule has 2 aromatic rings. The third kappa shape index (κ3) is 2.37. The molecule has 0 fully saturated rings. The van der Waals surface area contributed by atoms with Crippen LogP contribution < -0.4 is 5.32 Å². The van der Waals surface area contributed by atoms with Crippen molar-refractivity contribution >= 4 is 5.69 Å². The normalized spacial score (nSPS) is 17.7. The number of para-hydroxylation sites is 1. The maximum atomic E-state index is 3.50. The fraction of sp³-hybridized carbons (Fsp3) is 0.333. The average Bonchev–Trinajstić information content (AvgIpc) is 2.44. The van der Waals surface area contributed by atoms with Gasteiger partial charge in [-0.3, -0.25) is 0 Å². The second kappa shape index (κ2) is 5.08. The van der Waals surface area contributed by atoms with E-state index in [2.05, 4.69) is 61.6 Å². The molecule has 1 heteroatoms. The Balaban J connectivity index is 1.91. The van der Waals surface area contributed by atoms with Gasteiger partial charge in [0.1, 0.15) is 0 Å². The van der Waals surface area contributed by atoms with E-state index < -0.39 is 0 Å². The highest BCUT2D eigenvalue weighted by atomic mass is 14.9. The van der Waals surface area contributed by atoms with E-state index in [-0.39, 0.29) is 0 Å². The standard InChI is InChI=1S/C18H21N/c1-13-6-5-7-15(14(13)2)12-16-10-11-19-18-9-4-3-8-17(16)18/h3-9,16,19H,10-12H2,1-2H3. The molecule has 3 rings (SSSR count). The molecule has 0 aromatic heterocycles. The summed E-state index contributed by atoms with van der Waals surface area (Å²) in [7, 11) is 0. The van der Waals surface area contributed by atoms with E-state index in [4.69, 9.17) is 0 Å². The molecule has 0 saturated heterocycles. The van der Waals surface area contributed by atoms with Crippen molar-refractivity contribution in [2.75, 3.05) is 11.9 Å². The summed E-state index contributed by atoms with van der Waals surface area (Å²) in [6, 6.07) is 15.4. The highest BCUT2D eigenvalue weighted by Crippen LogP contribution is 2.34. The molecule has 0 radical (unpaired) electrons. The molecule has 0 spiro atoms. The van der Waals surface area contributed by atoms with Crippen LogP contribution in [0.1, 0.15) is 34.6 Å². The number of anilines is 1. The number of hydrogen-bond donors (Lipinski definition) is 1. The van der Waals surface area contributed by atoms with Gasteiger partial charge in [0.05, 0.1) is 0 Å². The van der Waals surface area contributed by atoms with Crippen molar-refractivity contribution in [1.29, 1.82) is 0 Å². The Morgan fingerprint density at radius 1 is 1.05 bits per heavy atom. The Kier molecular flexibility index (Phi) is 3.29. The first-order valence-electron chi connectivity index (χ1n) is 7.13. The summed E-state index contributed by atoms with van der Waals surface area (Å²) in [5, 5.41) is 3.50. The third-order valence-corrected chi connectivity index (χ3v) is 4.39. The van der Waals surface area contributed by atoms with Crippen molar-refractivity contribution < 1.29 is 0 Å². The maximum Gasteiger partial charge on any atom is 0.0375 e. The number of rotatable bonds is 2. The van der Waals surface area contributed by atoms with Gasteiger partial charge in [-0.25, -0.2) is 0 Å². The molecule has 0 aliphatic carbocycles. The van der Waals surface area contributed by atoms with E-state index in [0.29, 0.717) is 5.92 Å². The summed E-state index contributed by atoms with van der Waals surface area (Å²) in [6.45, 7) is 5.54. The highest BCUT2D eigenvalue weighted by Gasteiger charge is 2.20. The minimum Gasteiger partial charge on any atom is -0.385 e. The van der Waals surface area contributed by atoms with E-state index in [1.807, 2.05) is 0 Å². The molecule has 1 aliphatic heterocycles. The molecular formula is C18H21N. The lowest BCUT2D eigenvalue weighted by Gasteiger charge is -2.27. The molecule has 0 bridgehead atoms. The number of nitrogens with one attached hydrogen (secondary N) is 1. The van der Waals surface area contributed by atoms with Gasteiger partial charge >= 0.3 is 0 Å².